The lowest BCUT2D eigenvalue weighted by Crippen LogP contribution is -2.33. The number of anilines is 1. The maximum absolute atomic E-state index is 13.3. The summed E-state index contributed by atoms with van der Waals surface area (Å²) in [6, 6.07) is 3.43. The first-order valence-corrected chi connectivity index (χ1v) is 5.34. The van der Waals surface area contributed by atoms with Crippen molar-refractivity contribution in [2.75, 3.05) is 11.9 Å². The van der Waals surface area contributed by atoms with E-state index in [4.69, 9.17) is 5.73 Å². The number of nitrogens with two attached hydrogens (primary N) is 1. The van der Waals surface area contributed by atoms with Crippen LogP contribution in [0.15, 0.2) is 18.2 Å². The molecule has 0 spiro atoms. The highest BCUT2D eigenvalue weighted by atomic mass is 19.1. The van der Waals surface area contributed by atoms with Crippen LogP contribution in [0.3, 0.4) is 0 Å². The van der Waals surface area contributed by atoms with Gasteiger partial charge in [-0.25, -0.2) is 8.78 Å². The number of carbonyl (C=O) groups is 1. The smallest absolute Gasteiger partial charge is 0.230 e. The topological polar surface area (TPSA) is 55.1 Å². The molecule has 17 heavy (non-hydrogen) atoms. The molecule has 1 aromatic carbocycles. The third kappa shape index (κ3) is 3.23. The monoisotopic (exact) mass is 242 g/mol. The first-order valence-electron chi connectivity index (χ1n) is 5.34. The second kappa shape index (κ2) is 5.23. The third-order valence-corrected chi connectivity index (χ3v) is 2.59. The van der Waals surface area contributed by atoms with Crippen LogP contribution >= 0.6 is 0 Å². The second-order valence-electron chi connectivity index (χ2n) is 4.47. The molecular weight excluding hydrogens is 226 g/mol. The lowest BCUT2D eigenvalue weighted by atomic mass is 9.88. The number of para-hydroxylation sites is 1. The lowest BCUT2D eigenvalue weighted by molar-refractivity contribution is -0.124. The van der Waals surface area contributed by atoms with Crippen molar-refractivity contribution in [3.05, 3.63) is 29.8 Å². The van der Waals surface area contributed by atoms with Gasteiger partial charge in [0.1, 0.15) is 17.3 Å². The molecule has 94 valence electrons. The summed E-state index contributed by atoms with van der Waals surface area (Å²) in [7, 11) is 0. The number of hydrogen-bond acceptors (Lipinski definition) is 2. The Labute approximate surface area is 99.0 Å². The number of amides is 1. The molecule has 3 nitrogen and oxygen atoms in total. The van der Waals surface area contributed by atoms with Gasteiger partial charge in [0.05, 0.1) is 0 Å². The summed E-state index contributed by atoms with van der Waals surface area (Å²) in [5, 5.41) is 2.26. The summed E-state index contributed by atoms with van der Waals surface area (Å²) < 4.78 is 26.6. The van der Waals surface area contributed by atoms with Gasteiger partial charge in [0.2, 0.25) is 5.91 Å². The van der Waals surface area contributed by atoms with Crippen molar-refractivity contribution in [1.82, 2.24) is 0 Å². The minimum absolute atomic E-state index is 0.334. The highest BCUT2D eigenvalue weighted by molar-refractivity contribution is 5.95. The fraction of sp³-hybridized carbons (Fsp3) is 0.417. The summed E-state index contributed by atoms with van der Waals surface area (Å²) >= 11 is 0. The van der Waals surface area contributed by atoms with Crippen molar-refractivity contribution in [3.63, 3.8) is 0 Å². The van der Waals surface area contributed by atoms with Crippen LogP contribution in [-0.4, -0.2) is 12.5 Å². The summed E-state index contributed by atoms with van der Waals surface area (Å²) in [4.78, 5) is 11.8. The number of carbonyl (C=O) groups excluding carboxylic acids is 1. The van der Waals surface area contributed by atoms with E-state index in [9.17, 15) is 13.6 Å². The lowest BCUT2D eigenvalue weighted by Gasteiger charge is -2.22. The van der Waals surface area contributed by atoms with Gasteiger partial charge in [0, 0.05) is 5.41 Å². The fourth-order valence-electron chi connectivity index (χ4n) is 1.37. The zero-order valence-corrected chi connectivity index (χ0v) is 9.89. The molecule has 0 aliphatic heterocycles. The minimum atomic E-state index is -0.790. The number of nitrogens with one attached hydrogen (secondary N) is 1. The van der Waals surface area contributed by atoms with Crippen molar-refractivity contribution < 1.29 is 13.6 Å². The Morgan fingerprint density at radius 2 is 1.88 bits per heavy atom. The predicted octanol–water partition coefficient (Wildman–Crippen LogP) is 2.28. The van der Waals surface area contributed by atoms with E-state index in [1.165, 1.54) is 6.07 Å². The van der Waals surface area contributed by atoms with Crippen LogP contribution in [0.2, 0.25) is 0 Å². The molecule has 0 saturated heterocycles. The van der Waals surface area contributed by atoms with Gasteiger partial charge in [-0.1, -0.05) is 19.9 Å². The molecule has 0 aromatic heterocycles. The summed E-state index contributed by atoms with van der Waals surface area (Å²) in [5.74, 6) is -2.03. The molecule has 5 heteroatoms. The number of benzene rings is 1. The van der Waals surface area contributed by atoms with Crippen LogP contribution in [-0.2, 0) is 4.79 Å². The summed E-state index contributed by atoms with van der Waals surface area (Å²) in [6.07, 6.45) is 0.439. The molecule has 0 aliphatic rings. The average molecular weight is 242 g/mol. The van der Waals surface area contributed by atoms with Gasteiger partial charge in [-0.3, -0.25) is 4.79 Å². The van der Waals surface area contributed by atoms with Gasteiger partial charge < -0.3 is 11.1 Å². The molecule has 0 unspecified atom stereocenters. The SMILES string of the molecule is CC(C)(CCN)C(=O)Nc1c(F)cccc1F. The molecule has 0 radical (unpaired) electrons. The molecule has 0 fully saturated rings. The fourth-order valence-corrected chi connectivity index (χ4v) is 1.37. The Kier molecular flexibility index (Phi) is 4.17. The Bertz CT molecular complexity index is 399. The Morgan fingerprint density at radius 3 is 2.35 bits per heavy atom. The molecule has 0 bridgehead atoms. The number of hydrogen-bond donors (Lipinski definition) is 2. The van der Waals surface area contributed by atoms with E-state index in [1.54, 1.807) is 13.8 Å². The molecule has 1 amide bonds. The Balaban J connectivity index is 2.88. The van der Waals surface area contributed by atoms with Gasteiger partial charge in [-0.15, -0.1) is 0 Å². The molecule has 0 saturated carbocycles. The standard InChI is InChI=1S/C12H16F2N2O/c1-12(2,6-7-15)11(17)16-10-8(13)4-3-5-9(10)14/h3-5H,6-7,15H2,1-2H3,(H,16,17). The van der Waals surface area contributed by atoms with Crippen molar-refractivity contribution in [2.24, 2.45) is 11.1 Å². The van der Waals surface area contributed by atoms with E-state index in [-0.39, 0.29) is 0 Å². The van der Waals surface area contributed by atoms with E-state index < -0.39 is 28.6 Å². The van der Waals surface area contributed by atoms with Gasteiger partial charge in [-0.05, 0) is 25.1 Å². The number of rotatable bonds is 4. The molecule has 3 N–H and O–H groups in total. The van der Waals surface area contributed by atoms with Crippen LogP contribution in [0.25, 0.3) is 0 Å². The van der Waals surface area contributed by atoms with Crippen molar-refractivity contribution in [2.45, 2.75) is 20.3 Å². The predicted molar refractivity (Wildman–Crippen MR) is 62.4 cm³/mol. The van der Waals surface area contributed by atoms with E-state index in [0.717, 1.165) is 12.1 Å². The minimum Gasteiger partial charge on any atom is -0.330 e. The van der Waals surface area contributed by atoms with Crippen molar-refractivity contribution in [1.29, 1.82) is 0 Å². The quantitative estimate of drug-likeness (QED) is 0.851. The van der Waals surface area contributed by atoms with Crippen LogP contribution in [0.4, 0.5) is 14.5 Å². The second-order valence-corrected chi connectivity index (χ2v) is 4.47. The van der Waals surface area contributed by atoms with Crippen LogP contribution in [0.5, 0.6) is 0 Å². The maximum atomic E-state index is 13.3. The van der Waals surface area contributed by atoms with E-state index in [0.29, 0.717) is 13.0 Å². The number of halogens is 2. The largest absolute Gasteiger partial charge is 0.330 e. The highest BCUT2D eigenvalue weighted by Gasteiger charge is 2.28. The van der Waals surface area contributed by atoms with E-state index in [2.05, 4.69) is 5.32 Å². The van der Waals surface area contributed by atoms with Gasteiger partial charge in [0.25, 0.3) is 0 Å². The first-order chi connectivity index (χ1) is 7.88. The average Bonchev–Trinajstić information content (AvgIpc) is 2.23. The van der Waals surface area contributed by atoms with Crippen LogP contribution in [0, 0.1) is 17.0 Å². The normalized spacial score (nSPS) is 11.4. The van der Waals surface area contributed by atoms with Crippen LogP contribution < -0.4 is 11.1 Å². The third-order valence-electron chi connectivity index (χ3n) is 2.59. The van der Waals surface area contributed by atoms with E-state index >= 15 is 0 Å². The zero-order valence-electron chi connectivity index (χ0n) is 9.89. The van der Waals surface area contributed by atoms with Crippen LogP contribution in [0.1, 0.15) is 20.3 Å². The van der Waals surface area contributed by atoms with Gasteiger partial charge in [-0.2, -0.15) is 0 Å². The van der Waals surface area contributed by atoms with Crippen molar-refractivity contribution >= 4 is 11.6 Å². The van der Waals surface area contributed by atoms with Gasteiger partial charge in [0.15, 0.2) is 0 Å². The summed E-state index contributed by atoms with van der Waals surface area (Å²) in [6.45, 7) is 3.68. The molecule has 1 rings (SSSR count). The Morgan fingerprint density at radius 1 is 1.35 bits per heavy atom. The summed E-state index contributed by atoms with van der Waals surface area (Å²) in [5.41, 5.74) is 4.20. The van der Waals surface area contributed by atoms with Crippen molar-refractivity contribution in [3.8, 4) is 0 Å². The molecular formula is C12H16F2N2O. The zero-order chi connectivity index (χ0) is 13.1. The molecule has 0 heterocycles. The molecule has 0 atom stereocenters. The van der Waals surface area contributed by atoms with Gasteiger partial charge >= 0.3 is 0 Å². The van der Waals surface area contributed by atoms with E-state index in [1.807, 2.05) is 0 Å². The first kappa shape index (κ1) is 13.6. The molecule has 1 aromatic rings. The highest BCUT2D eigenvalue weighted by Crippen LogP contribution is 2.24. The Hall–Kier alpha value is -1.49. The molecule has 0 aliphatic carbocycles. The maximum Gasteiger partial charge on any atom is 0.230 e.